The van der Waals surface area contributed by atoms with Crippen LogP contribution < -0.4 is 0 Å². The van der Waals surface area contributed by atoms with Crippen molar-refractivity contribution in [2.45, 2.75) is 0 Å². The molecule has 0 atom stereocenters. The van der Waals surface area contributed by atoms with Gasteiger partial charge in [-0.15, -0.1) is 0 Å². The van der Waals surface area contributed by atoms with E-state index in [9.17, 15) is 22.4 Å². The molecule has 0 aliphatic heterocycles. The molecule has 2 rings (SSSR count). The molecule has 0 aliphatic rings. The Morgan fingerprint density at radius 3 is 1.94 bits per heavy atom. The molecule has 0 N–H and O–H groups in total. The fourth-order valence-electron chi connectivity index (χ4n) is 1.45. The summed E-state index contributed by atoms with van der Waals surface area (Å²) in [6.07, 6.45) is 0. The summed E-state index contributed by atoms with van der Waals surface area (Å²) in [5, 5.41) is 0. The van der Waals surface area contributed by atoms with Crippen LogP contribution in [0, 0.1) is 23.3 Å². The third-order valence-corrected chi connectivity index (χ3v) is 2.36. The van der Waals surface area contributed by atoms with Gasteiger partial charge in [0.2, 0.25) is 0 Å². The molecule has 0 spiro atoms. The van der Waals surface area contributed by atoms with Crippen molar-refractivity contribution in [2.24, 2.45) is 0 Å². The maximum Gasteiger partial charge on any atom is 0.196 e. The van der Waals surface area contributed by atoms with Crippen LogP contribution in [0.1, 0.15) is 15.9 Å². The van der Waals surface area contributed by atoms with Crippen molar-refractivity contribution >= 4 is 5.78 Å². The maximum atomic E-state index is 13.3. The summed E-state index contributed by atoms with van der Waals surface area (Å²) in [5.74, 6) is -5.25. The first-order valence-corrected chi connectivity index (χ1v) is 4.94. The number of hydrogen-bond donors (Lipinski definition) is 0. The molecule has 2 aromatic carbocycles. The first kappa shape index (κ1) is 12.3. The van der Waals surface area contributed by atoms with Crippen LogP contribution in [0.4, 0.5) is 17.6 Å². The Morgan fingerprint density at radius 1 is 0.778 bits per heavy atom. The van der Waals surface area contributed by atoms with Crippen LogP contribution in [0.2, 0.25) is 0 Å². The van der Waals surface area contributed by atoms with Crippen LogP contribution in [0.15, 0.2) is 36.4 Å². The van der Waals surface area contributed by atoms with E-state index in [4.69, 9.17) is 0 Å². The van der Waals surface area contributed by atoms with Crippen LogP contribution in [0.5, 0.6) is 0 Å². The van der Waals surface area contributed by atoms with Gasteiger partial charge in [0.1, 0.15) is 11.6 Å². The summed E-state index contributed by atoms with van der Waals surface area (Å²) in [4.78, 5) is 11.8. The highest BCUT2D eigenvalue weighted by atomic mass is 19.2. The molecular weight excluding hydrogens is 248 g/mol. The molecule has 0 aromatic heterocycles. The van der Waals surface area contributed by atoms with Gasteiger partial charge < -0.3 is 0 Å². The molecule has 0 radical (unpaired) electrons. The lowest BCUT2D eigenvalue weighted by Crippen LogP contribution is -2.06. The van der Waals surface area contributed by atoms with Gasteiger partial charge in [-0.2, -0.15) is 0 Å². The number of hydrogen-bond acceptors (Lipinski definition) is 1. The first-order chi connectivity index (χ1) is 8.49. The van der Waals surface area contributed by atoms with Gasteiger partial charge in [-0.25, -0.2) is 17.6 Å². The quantitative estimate of drug-likeness (QED) is 0.455. The summed E-state index contributed by atoms with van der Waals surface area (Å²) in [5.41, 5.74) is -0.609. The average Bonchev–Trinajstić information content (AvgIpc) is 2.34. The molecule has 2 aromatic rings. The largest absolute Gasteiger partial charge is 0.288 e. The van der Waals surface area contributed by atoms with Gasteiger partial charge in [-0.05, 0) is 30.3 Å². The second-order valence-electron chi connectivity index (χ2n) is 3.58. The van der Waals surface area contributed by atoms with Gasteiger partial charge in [0.25, 0.3) is 0 Å². The molecule has 0 saturated carbocycles. The zero-order valence-electron chi connectivity index (χ0n) is 8.88. The first-order valence-electron chi connectivity index (χ1n) is 4.94. The molecule has 18 heavy (non-hydrogen) atoms. The molecule has 5 heteroatoms. The number of benzene rings is 2. The Balaban J connectivity index is 2.46. The lowest BCUT2D eigenvalue weighted by molar-refractivity contribution is 0.103. The number of carbonyl (C=O) groups excluding carboxylic acids is 1. The van der Waals surface area contributed by atoms with E-state index in [0.29, 0.717) is 12.1 Å². The van der Waals surface area contributed by atoms with Gasteiger partial charge in [0.15, 0.2) is 17.4 Å². The van der Waals surface area contributed by atoms with Crippen molar-refractivity contribution in [2.75, 3.05) is 0 Å². The molecule has 0 unspecified atom stereocenters. The zero-order chi connectivity index (χ0) is 13.3. The van der Waals surface area contributed by atoms with E-state index in [1.54, 1.807) is 0 Å². The number of carbonyl (C=O) groups is 1. The Bertz CT molecular complexity index is 605. The minimum atomic E-state index is -1.37. The van der Waals surface area contributed by atoms with E-state index in [2.05, 4.69) is 0 Å². The van der Waals surface area contributed by atoms with Crippen molar-refractivity contribution < 1.29 is 22.4 Å². The summed E-state index contributed by atoms with van der Waals surface area (Å²) >= 11 is 0. The monoisotopic (exact) mass is 254 g/mol. The standard InChI is InChI=1S/C13H6F4O/c14-8-3-1-7(2-4-8)13(18)9-5-11(16)12(17)6-10(9)15/h1-6H. The Hall–Kier alpha value is -2.17. The van der Waals surface area contributed by atoms with Crippen LogP contribution >= 0.6 is 0 Å². The molecule has 92 valence electrons. The minimum absolute atomic E-state index is 0.0127. The van der Waals surface area contributed by atoms with E-state index in [1.165, 1.54) is 0 Å². The van der Waals surface area contributed by atoms with Gasteiger partial charge in [-0.3, -0.25) is 4.79 Å². The fraction of sp³-hybridized carbons (Fsp3) is 0. The fourth-order valence-corrected chi connectivity index (χ4v) is 1.45. The van der Waals surface area contributed by atoms with Crippen LogP contribution in [-0.4, -0.2) is 5.78 Å². The molecule has 0 heterocycles. The topological polar surface area (TPSA) is 17.1 Å². The molecular formula is C13H6F4O. The second-order valence-corrected chi connectivity index (χ2v) is 3.58. The zero-order valence-corrected chi connectivity index (χ0v) is 8.88. The molecule has 1 nitrogen and oxygen atoms in total. The predicted molar refractivity (Wildman–Crippen MR) is 56.1 cm³/mol. The van der Waals surface area contributed by atoms with Gasteiger partial charge in [-0.1, -0.05) is 0 Å². The second kappa shape index (κ2) is 4.60. The Morgan fingerprint density at radius 2 is 1.33 bits per heavy atom. The highest BCUT2D eigenvalue weighted by Gasteiger charge is 2.17. The van der Waals surface area contributed by atoms with Gasteiger partial charge in [0, 0.05) is 11.6 Å². The van der Waals surface area contributed by atoms with E-state index in [0.717, 1.165) is 24.3 Å². The molecule has 0 saturated heterocycles. The van der Waals surface area contributed by atoms with Crippen molar-refractivity contribution in [3.63, 3.8) is 0 Å². The highest BCUT2D eigenvalue weighted by molar-refractivity contribution is 6.09. The third kappa shape index (κ3) is 2.25. The molecule has 0 fully saturated rings. The van der Waals surface area contributed by atoms with Crippen molar-refractivity contribution in [1.29, 1.82) is 0 Å². The number of halogens is 4. The van der Waals surface area contributed by atoms with Crippen LogP contribution in [0.3, 0.4) is 0 Å². The average molecular weight is 254 g/mol. The highest BCUT2D eigenvalue weighted by Crippen LogP contribution is 2.17. The third-order valence-electron chi connectivity index (χ3n) is 2.36. The summed E-state index contributed by atoms with van der Waals surface area (Å²) in [6, 6.07) is 5.09. The van der Waals surface area contributed by atoms with Gasteiger partial charge >= 0.3 is 0 Å². The summed E-state index contributed by atoms with van der Waals surface area (Å²) in [6.45, 7) is 0. The van der Waals surface area contributed by atoms with E-state index in [-0.39, 0.29) is 5.56 Å². The number of rotatable bonds is 2. The molecule has 0 aliphatic carbocycles. The minimum Gasteiger partial charge on any atom is -0.288 e. The lowest BCUT2D eigenvalue weighted by Gasteiger charge is -2.03. The Kier molecular flexibility index (Phi) is 3.14. The molecule has 0 amide bonds. The smallest absolute Gasteiger partial charge is 0.196 e. The normalized spacial score (nSPS) is 10.4. The van der Waals surface area contributed by atoms with E-state index >= 15 is 0 Å². The van der Waals surface area contributed by atoms with E-state index in [1.807, 2.05) is 0 Å². The summed E-state index contributed by atoms with van der Waals surface area (Å²) < 4.78 is 51.6. The molecule has 0 bridgehead atoms. The van der Waals surface area contributed by atoms with Gasteiger partial charge in [0.05, 0.1) is 5.56 Å². The van der Waals surface area contributed by atoms with Crippen LogP contribution in [0.25, 0.3) is 0 Å². The number of ketones is 1. The summed E-state index contributed by atoms with van der Waals surface area (Å²) in [7, 11) is 0. The predicted octanol–water partition coefficient (Wildman–Crippen LogP) is 3.47. The van der Waals surface area contributed by atoms with Crippen molar-refractivity contribution in [3.05, 3.63) is 70.8 Å². The lowest BCUT2D eigenvalue weighted by atomic mass is 10.0. The maximum absolute atomic E-state index is 13.3. The van der Waals surface area contributed by atoms with Crippen molar-refractivity contribution in [1.82, 2.24) is 0 Å². The van der Waals surface area contributed by atoms with Crippen molar-refractivity contribution in [3.8, 4) is 0 Å². The van der Waals surface area contributed by atoms with Crippen LogP contribution in [-0.2, 0) is 0 Å². The Labute approximate surface area is 99.7 Å². The SMILES string of the molecule is O=C(c1ccc(F)cc1)c1cc(F)c(F)cc1F. The van der Waals surface area contributed by atoms with E-state index < -0.39 is 34.6 Å².